The Kier molecular flexibility index (Phi) is 4.72. The topological polar surface area (TPSA) is 73.7 Å². The van der Waals surface area contributed by atoms with E-state index in [9.17, 15) is 9.90 Å². The second-order valence-electron chi connectivity index (χ2n) is 5.23. The van der Waals surface area contributed by atoms with Gasteiger partial charge in [0, 0.05) is 16.6 Å². The van der Waals surface area contributed by atoms with Crippen LogP contribution in [0.3, 0.4) is 0 Å². The van der Waals surface area contributed by atoms with Crippen molar-refractivity contribution in [3.8, 4) is 5.75 Å². The molecular formula is C19H17N3O2. The Morgan fingerprint density at radius 1 is 1.00 bits per heavy atom. The lowest BCUT2D eigenvalue weighted by Crippen LogP contribution is -2.25. The van der Waals surface area contributed by atoms with Crippen molar-refractivity contribution in [2.75, 3.05) is 11.9 Å². The zero-order chi connectivity index (χ0) is 16.8. The minimum absolute atomic E-state index is 0.103. The number of amides is 1. The smallest absolute Gasteiger partial charge is 0.259 e. The van der Waals surface area contributed by atoms with Crippen molar-refractivity contribution >= 4 is 28.6 Å². The molecule has 120 valence electrons. The van der Waals surface area contributed by atoms with Crippen LogP contribution in [0.2, 0.25) is 0 Å². The van der Waals surface area contributed by atoms with Gasteiger partial charge in [0.2, 0.25) is 0 Å². The number of benzene rings is 3. The summed E-state index contributed by atoms with van der Waals surface area (Å²) in [5.41, 5.74) is 3.87. The van der Waals surface area contributed by atoms with Gasteiger partial charge in [0.15, 0.2) is 0 Å². The van der Waals surface area contributed by atoms with E-state index in [1.54, 1.807) is 24.3 Å². The number of phenolic OH excluding ortho intramolecular Hbond substituents is 1. The molecule has 3 N–H and O–H groups in total. The molecule has 0 saturated carbocycles. The highest BCUT2D eigenvalue weighted by molar-refractivity contribution is 5.95. The van der Waals surface area contributed by atoms with E-state index in [0.717, 1.165) is 16.5 Å². The van der Waals surface area contributed by atoms with Gasteiger partial charge >= 0.3 is 0 Å². The SMILES string of the molecule is O=C(CNc1cccc2ccccc12)N/N=C\c1ccccc1O. The van der Waals surface area contributed by atoms with Gasteiger partial charge in [-0.1, -0.05) is 48.5 Å². The summed E-state index contributed by atoms with van der Waals surface area (Å²) >= 11 is 0. The van der Waals surface area contributed by atoms with Crippen molar-refractivity contribution in [1.82, 2.24) is 5.43 Å². The number of hydrazone groups is 1. The fourth-order valence-corrected chi connectivity index (χ4v) is 2.37. The molecule has 0 fully saturated rings. The number of nitrogens with one attached hydrogen (secondary N) is 2. The Bertz CT molecular complexity index is 885. The number of carbonyl (C=O) groups excluding carboxylic acids is 1. The van der Waals surface area contributed by atoms with E-state index in [0.29, 0.717) is 5.56 Å². The van der Waals surface area contributed by atoms with Crippen molar-refractivity contribution in [1.29, 1.82) is 0 Å². The Balaban J connectivity index is 1.58. The van der Waals surface area contributed by atoms with Crippen LogP contribution in [0.25, 0.3) is 10.8 Å². The molecule has 0 atom stereocenters. The van der Waals surface area contributed by atoms with E-state index in [1.807, 2.05) is 42.5 Å². The lowest BCUT2D eigenvalue weighted by atomic mass is 10.1. The fraction of sp³-hybridized carbons (Fsp3) is 0.0526. The molecular weight excluding hydrogens is 302 g/mol. The van der Waals surface area contributed by atoms with E-state index in [1.165, 1.54) is 6.21 Å². The van der Waals surface area contributed by atoms with Crippen LogP contribution in [0.5, 0.6) is 5.75 Å². The van der Waals surface area contributed by atoms with E-state index in [-0.39, 0.29) is 18.2 Å². The molecule has 5 nitrogen and oxygen atoms in total. The van der Waals surface area contributed by atoms with Crippen molar-refractivity contribution in [2.24, 2.45) is 5.10 Å². The first-order chi connectivity index (χ1) is 11.7. The van der Waals surface area contributed by atoms with Gasteiger partial charge in [0.1, 0.15) is 5.75 Å². The number of carbonyl (C=O) groups is 1. The Morgan fingerprint density at radius 2 is 1.75 bits per heavy atom. The summed E-state index contributed by atoms with van der Waals surface area (Å²) in [6.45, 7) is 0.103. The van der Waals surface area contributed by atoms with Crippen molar-refractivity contribution in [2.45, 2.75) is 0 Å². The number of anilines is 1. The second kappa shape index (κ2) is 7.28. The third-order valence-corrected chi connectivity index (χ3v) is 3.56. The van der Waals surface area contributed by atoms with Gasteiger partial charge in [-0.3, -0.25) is 4.79 Å². The molecule has 3 aromatic rings. The van der Waals surface area contributed by atoms with Gasteiger partial charge < -0.3 is 10.4 Å². The van der Waals surface area contributed by atoms with Gasteiger partial charge in [-0.05, 0) is 23.6 Å². The largest absolute Gasteiger partial charge is 0.507 e. The normalized spacial score (nSPS) is 10.8. The highest BCUT2D eigenvalue weighted by Crippen LogP contribution is 2.22. The Labute approximate surface area is 139 Å². The average molecular weight is 319 g/mol. The van der Waals surface area contributed by atoms with Gasteiger partial charge in [0.25, 0.3) is 5.91 Å². The molecule has 0 aromatic heterocycles. The molecule has 0 heterocycles. The molecule has 3 aromatic carbocycles. The zero-order valence-electron chi connectivity index (χ0n) is 12.9. The maximum absolute atomic E-state index is 11.9. The number of aromatic hydroxyl groups is 1. The van der Waals surface area contributed by atoms with Crippen molar-refractivity contribution in [3.05, 3.63) is 72.3 Å². The zero-order valence-corrected chi connectivity index (χ0v) is 12.9. The predicted octanol–water partition coefficient (Wildman–Crippen LogP) is 3.11. The van der Waals surface area contributed by atoms with Crippen molar-refractivity contribution in [3.63, 3.8) is 0 Å². The Hall–Kier alpha value is -3.34. The minimum Gasteiger partial charge on any atom is -0.507 e. The van der Waals surface area contributed by atoms with Crippen LogP contribution >= 0.6 is 0 Å². The van der Waals surface area contributed by atoms with E-state index in [2.05, 4.69) is 15.8 Å². The number of rotatable bonds is 5. The number of hydrogen-bond acceptors (Lipinski definition) is 4. The van der Waals surface area contributed by atoms with E-state index in [4.69, 9.17) is 0 Å². The van der Waals surface area contributed by atoms with Gasteiger partial charge in [-0.15, -0.1) is 0 Å². The van der Waals surface area contributed by atoms with E-state index < -0.39 is 0 Å². The summed E-state index contributed by atoms with van der Waals surface area (Å²) in [5, 5.41) is 18.7. The molecule has 0 radical (unpaired) electrons. The maximum Gasteiger partial charge on any atom is 0.259 e. The lowest BCUT2D eigenvalue weighted by molar-refractivity contribution is -0.119. The van der Waals surface area contributed by atoms with Crippen LogP contribution in [0.4, 0.5) is 5.69 Å². The summed E-state index contributed by atoms with van der Waals surface area (Å²) in [4.78, 5) is 11.9. The first-order valence-electron chi connectivity index (χ1n) is 7.55. The standard InChI is InChI=1S/C19H17N3O2/c23-18-11-4-2-7-15(18)12-21-22-19(24)13-20-17-10-5-8-14-6-1-3-9-16(14)17/h1-12,20,23H,13H2,(H,22,24)/b21-12-. The molecule has 5 heteroatoms. The quantitative estimate of drug-likeness (QED) is 0.500. The molecule has 0 bridgehead atoms. The second-order valence-corrected chi connectivity index (χ2v) is 5.23. The summed E-state index contributed by atoms with van der Waals surface area (Å²) in [7, 11) is 0. The van der Waals surface area contributed by atoms with Gasteiger partial charge in [-0.25, -0.2) is 5.43 Å². The highest BCUT2D eigenvalue weighted by atomic mass is 16.3. The molecule has 3 rings (SSSR count). The fourth-order valence-electron chi connectivity index (χ4n) is 2.37. The molecule has 1 amide bonds. The number of para-hydroxylation sites is 1. The van der Waals surface area contributed by atoms with Crippen LogP contribution < -0.4 is 10.7 Å². The summed E-state index contributed by atoms with van der Waals surface area (Å²) in [6.07, 6.45) is 1.41. The molecule has 0 spiro atoms. The van der Waals surface area contributed by atoms with E-state index >= 15 is 0 Å². The predicted molar refractivity (Wildman–Crippen MR) is 96.3 cm³/mol. The average Bonchev–Trinajstić information content (AvgIpc) is 2.61. The number of phenols is 1. The van der Waals surface area contributed by atoms with Crippen LogP contribution in [0, 0.1) is 0 Å². The molecule has 0 aliphatic rings. The lowest BCUT2D eigenvalue weighted by Gasteiger charge is -2.08. The first kappa shape index (κ1) is 15.6. The van der Waals surface area contributed by atoms with Crippen LogP contribution in [-0.4, -0.2) is 23.8 Å². The molecule has 0 unspecified atom stereocenters. The maximum atomic E-state index is 11.9. The number of nitrogens with zero attached hydrogens (tertiary/aromatic N) is 1. The summed E-state index contributed by atoms with van der Waals surface area (Å²) in [5.74, 6) is -0.154. The molecule has 0 saturated heterocycles. The van der Waals surface area contributed by atoms with Crippen LogP contribution in [-0.2, 0) is 4.79 Å². The highest BCUT2D eigenvalue weighted by Gasteiger charge is 2.03. The number of fused-ring (bicyclic) bond motifs is 1. The molecule has 0 aliphatic carbocycles. The van der Waals surface area contributed by atoms with Crippen LogP contribution in [0.15, 0.2) is 71.8 Å². The summed E-state index contributed by atoms with van der Waals surface area (Å²) < 4.78 is 0. The third-order valence-electron chi connectivity index (χ3n) is 3.56. The first-order valence-corrected chi connectivity index (χ1v) is 7.55. The van der Waals surface area contributed by atoms with Gasteiger partial charge in [-0.2, -0.15) is 5.10 Å². The van der Waals surface area contributed by atoms with Crippen molar-refractivity contribution < 1.29 is 9.90 Å². The monoisotopic (exact) mass is 319 g/mol. The summed E-state index contributed by atoms with van der Waals surface area (Å²) in [6, 6.07) is 20.6. The number of hydrogen-bond donors (Lipinski definition) is 3. The van der Waals surface area contributed by atoms with Gasteiger partial charge in [0.05, 0.1) is 12.8 Å². The van der Waals surface area contributed by atoms with Crippen LogP contribution in [0.1, 0.15) is 5.56 Å². The molecule has 0 aliphatic heterocycles. The minimum atomic E-state index is -0.269. The molecule has 24 heavy (non-hydrogen) atoms. The Morgan fingerprint density at radius 3 is 2.62 bits per heavy atom. The third kappa shape index (κ3) is 3.70.